The van der Waals surface area contributed by atoms with Gasteiger partial charge < -0.3 is 9.84 Å². The predicted molar refractivity (Wildman–Crippen MR) is 90.6 cm³/mol. The summed E-state index contributed by atoms with van der Waals surface area (Å²) in [6, 6.07) is 7.88. The van der Waals surface area contributed by atoms with Crippen molar-refractivity contribution in [3.05, 3.63) is 34.9 Å². The number of carboxylic acids is 1. The van der Waals surface area contributed by atoms with Crippen molar-refractivity contribution < 1.29 is 19.4 Å². The first-order valence-electron chi connectivity index (χ1n) is 8.18. The van der Waals surface area contributed by atoms with Crippen LogP contribution in [0.4, 0.5) is 0 Å². The quantitative estimate of drug-likeness (QED) is 0.366. The van der Waals surface area contributed by atoms with Gasteiger partial charge in [-0.15, -0.1) is 0 Å². The fraction of sp³-hybridized carbons (Fsp3) is 0.556. The molecule has 1 atom stereocenters. The topological polar surface area (TPSA) is 63.6 Å². The van der Waals surface area contributed by atoms with E-state index in [9.17, 15) is 9.59 Å². The normalized spacial score (nSPS) is 11.9. The lowest BCUT2D eigenvalue weighted by Gasteiger charge is -2.10. The molecule has 0 bridgehead atoms. The third-order valence-electron chi connectivity index (χ3n) is 3.74. The first-order valence-corrected chi connectivity index (χ1v) is 8.56. The van der Waals surface area contributed by atoms with Crippen LogP contribution in [-0.4, -0.2) is 23.7 Å². The van der Waals surface area contributed by atoms with E-state index >= 15 is 0 Å². The van der Waals surface area contributed by atoms with Gasteiger partial charge in [-0.1, -0.05) is 49.4 Å². The van der Waals surface area contributed by atoms with Crippen molar-refractivity contribution in [2.24, 2.45) is 5.92 Å². The molecule has 1 aromatic carbocycles. The zero-order valence-corrected chi connectivity index (χ0v) is 14.3. The number of carbonyl (C=O) groups excluding carboxylic acids is 1. The summed E-state index contributed by atoms with van der Waals surface area (Å²) in [5, 5.41) is 9.80. The van der Waals surface area contributed by atoms with Crippen LogP contribution >= 0.6 is 11.6 Å². The van der Waals surface area contributed by atoms with Crippen molar-refractivity contribution >= 4 is 23.5 Å². The molecule has 0 amide bonds. The Kier molecular flexibility index (Phi) is 9.37. The van der Waals surface area contributed by atoms with Crippen LogP contribution in [0.3, 0.4) is 0 Å². The summed E-state index contributed by atoms with van der Waals surface area (Å²) in [7, 11) is 0. The molecular weight excluding hydrogens is 316 g/mol. The molecule has 1 aromatic rings. The lowest BCUT2D eigenvalue weighted by Crippen LogP contribution is -2.25. The van der Waals surface area contributed by atoms with Crippen molar-refractivity contribution in [1.82, 2.24) is 0 Å². The molecule has 128 valence electrons. The third-order valence-corrected chi connectivity index (χ3v) is 3.99. The Hall–Kier alpha value is -1.55. The van der Waals surface area contributed by atoms with E-state index in [-0.39, 0.29) is 6.61 Å². The van der Waals surface area contributed by atoms with Gasteiger partial charge in [-0.05, 0) is 43.9 Å². The standard InChI is InChI=1S/C18H25ClO4/c1-2-23-18(22)16(17(20)21)9-7-5-3-4-6-8-14-10-12-15(19)13-11-14/h10-13,16H,2-9H2,1H3,(H,20,21)/t16-/m0/s1. The van der Waals surface area contributed by atoms with Gasteiger partial charge in [0.05, 0.1) is 6.61 Å². The lowest BCUT2D eigenvalue weighted by atomic mass is 10.00. The Morgan fingerprint density at radius 1 is 1.09 bits per heavy atom. The van der Waals surface area contributed by atoms with E-state index in [2.05, 4.69) is 0 Å². The molecule has 0 saturated heterocycles. The van der Waals surface area contributed by atoms with Crippen LogP contribution in [0, 0.1) is 5.92 Å². The fourth-order valence-corrected chi connectivity index (χ4v) is 2.57. The molecule has 0 heterocycles. The maximum Gasteiger partial charge on any atom is 0.320 e. The minimum atomic E-state index is -1.09. The smallest absolute Gasteiger partial charge is 0.320 e. The van der Waals surface area contributed by atoms with Gasteiger partial charge in [0.15, 0.2) is 5.92 Å². The van der Waals surface area contributed by atoms with Gasteiger partial charge in [0.25, 0.3) is 0 Å². The van der Waals surface area contributed by atoms with E-state index in [1.165, 1.54) is 5.56 Å². The molecular formula is C18H25ClO4. The van der Waals surface area contributed by atoms with Crippen molar-refractivity contribution in [3.8, 4) is 0 Å². The molecule has 0 fully saturated rings. The summed E-state index contributed by atoms with van der Waals surface area (Å²) < 4.78 is 4.79. The van der Waals surface area contributed by atoms with Crippen LogP contribution in [0.5, 0.6) is 0 Å². The highest BCUT2D eigenvalue weighted by atomic mass is 35.5. The van der Waals surface area contributed by atoms with Crippen molar-refractivity contribution in [2.45, 2.75) is 51.9 Å². The number of carboxylic acid groups (broad SMARTS) is 1. The van der Waals surface area contributed by atoms with E-state index in [0.29, 0.717) is 6.42 Å². The minimum Gasteiger partial charge on any atom is -0.481 e. The van der Waals surface area contributed by atoms with Gasteiger partial charge in [-0.2, -0.15) is 0 Å². The van der Waals surface area contributed by atoms with Crippen LogP contribution in [0.2, 0.25) is 5.02 Å². The molecule has 4 nitrogen and oxygen atoms in total. The number of carbonyl (C=O) groups is 2. The first kappa shape index (κ1) is 19.5. The maximum atomic E-state index is 11.5. The number of esters is 1. The molecule has 0 aliphatic rings. The second kappa shape index (κ2) is 11.1. The van der Waals surface area contributed by atoms with Crippen LogP contribution < -0.4 is 0 Å². The Balaban J connectivity index is 2.13. The summed E-state index contributed by atoms with van der Waals surface area (Å²) in [5.41, 5.74) is 1.28. The zero-order chi connectivity index (χ0) is 17.1. The van der Waals surface area contributed by atoms with E-state index < -0.39 is 17.9 Å². The average Bonchev–Trinajstić information content (AvgIpc) is 2.51. The van der Waals surface area contributed by atoms with Crippen LogP contribution in [-0.2, 0) is 20.7 Å². The molecule has 0 unspecified atom stereocenters. The van der Waals surface area contributed by atoms with E-state index in [0.717, 1.165) is 43.5 Å². The highest BCUT2D eigenvalue weighted by molar-refractivity contribution is 6.30. The number of hydrogen-bond donors (Lipinski definition) is 1. The number of aliphatic carboxylic acids is 1. The monoisotopic (exact) mass is 340 g/mol. The van der Waals surface area contributed by atoms with E-state index in [1.54, 1.807) is 6.92 Å². The van der Waals surface area contributed by atoms with Crippen LogP contribution in [0.25, 0.3) is 0 Å². The van der Waals surface area contributed by atoms with Gasteiger partial charge in [0.1, 0.15) is 0 Å². The molecule has 0 aliphatic carbocycles. The molecule has 5 heteroatoms. The van der Waals surface area contributed by atoms with Crippen molar-refractivity contribution in [1.29, 1.82) is 0 Å². The third kappa shape index (κ3) is 8.03. The van der Waals surface area contributed by atoms with E-state index in [4.69, 9.17) is 21.4 Å². The van der Waals surface area contributed by atoms with Crippen molar-refractivity contribution in [2.75, 3.05) is 6.61 Å². The number of rotatable bonds is 11. The summed E-state index contributed by atoms with van der Waals surface area (Å²) in [6.45, 7) is 1.89. The second-order valence-corrected chi connectivity index (χ2v) is 6.01. The lowest BCUT2D eigenvalue weighted by molar-refractivity contribution is -0.158. The number of ether oxygens (including phenoxy) is 1. The number of hydrogen-bond acceptors (Lipinski definition) is 3. The molecule has 23 heavy (non-hydrogen) atoms. The number of benzene rings is 1. The van der Waals surface area contributed by atoms with Crippen LogP contribution in [0.1, 0.15) is 51.0 Å². The molecule has 1 N–H and O–H groups in total. The van der Waals surface area contributed by atoms with Gasteiger partial charge in [-0.25, -0.2) is 0 Å². The minimum absolute atomic E-state index is 0.216. The Morgan fingerprint density at radius 2 is 1.70 bits per heavy atom. The van der Waals surface area contributed by atoms with E-state index in [1.807, 2.05) is 24.3 Å². The summed E-state index contributed by atoms with van der Waals surface area (Å²) in [4.78, 5) is 22.6. The van der Waals surface area contributed by atoms with Gasteiger partial charge in [-0.3, -0.25) is 9.59 Å². The number of halogens is 1. The fourth-order valence-electron chi connectivity index (χ4n) is 2.44. The molecule has 0 aromatic heterocycles. The maximum absolute atomic E-state index is 11.5. The first-order chi connectivity index (χ1) is 11.0. The summed E-state index contributed by atoms with van der Waals surface area (Å²) in [6.07, 6.45) is 6.29. The van der Waals surface area contributed by atoms with Gasteiger partial charge >= 0.3 is 11.9 Å². The highest BCUT2D eigenvalue weighted by Gasteiger charge is 2.26. The molecule has 0 radical (unpaired) electrons. The number of unbranched alkanes of at least 4 members (excludes halogenated alkanes) is 4. The van der Waals surface area contributed by atoms with Crippen molar-refractivity contribution in [3.63, 3.8) is 0 Å². The molecule has 0 saturated carbocycles. The molecule has 0 spiro atoms. The zero-order valence-electron chi connectivity index (χ0n) is 13.6. The largest absolute Gasteiger partial charge is 0.481 e. The Labute approximate surface area is 142 Å². The SMILES string of the molecule is CCOC(=O)[C@@H](CCCCCCCc1ccc(Cl)cc1)C(=O)O. The van der Waals surface area contributed by atoms with Crippen LogP contribution in [0.15, 0.2) is 24.3 Å². The predicted octanol–water partition coefficient (Wildman–Crippen LogP) is 4.49. The summed E-state index contributed by atoms with van der Waals surface area (Å²) in [5.74, 6) is -2.74. The Morgan fingerprint density at radius 3 is 2.30 bits per heavy atom. The molecule has 0 aliphatic heterocycles. The molecule has 1 rings (SSSR count). The van der Waals surface area contributed by atoms with Gasteiger partial charge in [0.2, 0.25) is 0 Å². The second-order valence-electron chi connectivity index (χ2n) is 5.58. The summed E-state index contributed by atoms with van der Waals surface area (Å²) >= 11 is 5.85. The average molecular weight is 341 g/mol. The Bertz CT molecular complexity index is 484. The number of aryl methyl sites for hydroxylation is 1. The highest BCUT2D eigenvalue weighted by Crippen LogP contribution is 2.16. The van der Waals surface area contributed by atoms with Gasteiger partial charge in [0, 0.05) is 5.02 Å².